The maximum absolute atomic E-state index is 12.7. The van der Waals surface area contributed by atoms with Crippen LogP contribution in [-0.4, -0.2) is 43.7 Å². The Morgan fingerprint density at radius 3 is 2.64 bits per heavy atom. The second-order valence-electron chi connectivity index (χ2n) is 7.04. The Hall–Kier alpha value is -3.29. The highest BCUT2D eigenvalue weighted by Crippen LogP contribution is 2.23. The van der Waals surface area contributed by atoms with E-state index in [1.807, 2.05) is 48.9 Å². The molecule has 28 heavy (non-hydrogen) atoms. The standard InChI is InChI=1S/C20H23N7O/c1-14-5-3-9-22-19(14)23-20(28)16-6-4-11-26(13-16)17-7-8-18(25-24-17)27-12-10-21-15(27)2/h3,5,7-10,12,16H,4,6,11,13H2,1-2H3,(H,22,23,28). The first kappa shape index (κ1) is 18.1. The van der Waals surface area contributed by atoms with E-state index in [4.69, 9.17) is 0 Å². The van der Waals surface area contributed by atoms with E-state index < -0.39 is 0 Å². The third kappa shape index (κ3) is 3.71. The van der Waals surface area contributed by atoms with E-state index in [1.165, 1.54) is 0 Å². The van der Waals surface area contributed by atoms with Gasteiger partial charge in [-0.15, -0.1) is 10.2 Å². The van der Waals surface area contributed by atoms with Crippen molar-refractivity contribution in [3.05, 3.63) is 54.2 Å². The van der Waals surface area contributed by atoms with Crippen molar-refractivity contribution in [1.29, 1.82) is 0 Å². The number of nitrogens with zero attached hydrogens (tertiary/aromatic N) is 6. The number of imidazole rings is 1. The van der Waals surface area contributed by atoms with Gasteiger partial charge in [-0.2, -0.15) is 0 Å². The zero-order valence-electron chi connectivity index (χ0n) is 16.0. The van der Waals surface area contributed by atoms with Crippen molar-refractivity contribution in [2.24, 2.45) is 5.92 Å². The molecule has 1 unspecified atom stereocenters. The van der Waals surface area contributed by atoms with Crippen LogP contribution in [0.3, 0.4) is 0 Å². The fraction of sp³-hybridized carbons (Fsp3) is 0.350. The summed E-state index contributed by atoms with van der Waals surface area (Å²) in [5.74, 6) is 2.91. The third-order valence-electron chi connectivity index (χ3n) is 5.08. The van der Waals surface area contributed by atoms with Gasteiger partial charge in [-0.1, -0.05) is 6.07 Å². The number of carbonyl (C=O) groups excluding carboxylic acids is 1. The topological polar surface area (TPSA) is 88.8 Å². The first-order valence-corrected chi connectivity index (χ1v) is 9.43. The average Bonchev–Trinajstić information content (AvgIpc) is 3.16. The lowest BCUT2D eigenvalue weighted by molar-refractivity contribution is -0.120. The summed E-state index contributed by atoms with van der Waals surface area (Å²) in [5.41, 5.74) is 0.958. The largest absolute Gasteiger partial charge is 0.354 e. The van der Waals surface area contributed by atoms with Gasteiger partial charge in [0.1, 0.15) is 11.6 Å². The van der Waals surface area contributed by atoms with Gasteiger partial charge in [0.25, 0.3) is 0 Å². The molecule has 8 heteroatoms. The van der Waals surface area contributed by atoms with Gasteiger partial charge in [-0.25, -0.2) is 9.97 Å². The minimum Gasteiger partial charge on any atom is -0.354 e. The Bertz CT molecular complexity index is 967. The van der Waals surface area contributed by atoms with Gasteiger partial charge in [0.15, 0.2) is 11.6 Å². The number of nitrogens with one attached hydrogen (secondary N) is 1. The summed E-state index contributed by atoms with van der Waals surface area (Å²) in [6.45, 7) is 5.35. The zero-order valence-corrected chi connectivity index (χ0v) is 16.0. The SMILES string of the molecule is Cc1cccnc1NC(=O)C1CCCN(c2ccc(-n3ccnc3C)nn2)C1. The molecular weight excluding hydrogens is 354 g/mol. The molecule has 8 nitrogen and oxygen atoms in total. The Labute approximate surface area is 163 Å². The fourth-order valence-corrected chi connectivity index (χ4v) is 3.47. The number of hydrogen-bond donors (Lipinski definition) is 1. The number of anilines is 2. The number of hydrogen-bond acceptors (Lipinski definition) is 6. The Morgan fingerprint density at radius 1 is 1.11 bits per heavy atom. The normalized spacial score (nSPS) is 16.8. The highest BCUT2D eigenvalue weighted by molar-refractivity contribution is 5.92. The van der Waals surface area contributed by atoms with E-state index in [0.717, 1.165) is 42.4 Å². The van der Waals surface area contributed by atoms with Gasteiger partial charge in [0.2, 0.25) is 5.91 Å². The molecule has 1 amide bonds. The van der Waals surface area contributed by atoms with Crippen molar-refractivity contribution in [3.8, 4) is 5.82 Å². The van der Waals surface area contributed by atoms with Crippen LogP contribution >= 0.6 is 0 Å². The molecule has 4 rings (SSSR count). The number of carbonyl (C=O) groups is 1. The Balaban J connectivity index is 1.44. The van der Waals surface area contributed by atoms with Crippen LogP contribution in [0.5, 0.6) is 0 Å². The summed E-state index contributed by atoms with van der Waals surface area (Å²) in [6.07, 6.45) is 7.08. The van der Waals surface area contributed by atoms with Gasteiger partial charge in [-0.3, -0.25) is 9.36 Å². The summed E-state index contributed by atoms with van der Waals surface area (Å²) < 4.78 is 1.89. The molecule has 0 aromatic carbocycles. The van der Waals surface area contributed by atoms with E-state index in [1.54, 1.807) is 12.4 Å². The van der Waals surface area contributed by atoms with Gasteiger partial charge in [0.05, 0.1) is 5.92 Å². The molecule has 4 heterocycles. The number of aromatic nitrogens is 5. The summed E-state index contributed by atoms with van der Waals surface area (Å²) in [7, 11) is 0. The van der Waals surface area contributed by atoms with Gasteiger partial charge >= 0.3 is 0 Å². The molecule has 144 valence electrons. The fourth-order valence-electron chi connectivity index (χ4n) is 3.47. The first-order chi connectivity index (χ1) is 13.6. The lowest BCUT2D eigenvalue weighted by Gasteiger charge is -2.32. The van der Waals surface area contributed by atoms with Crippen LogP contribution in [0.15, 0.2) is 42.9 Å². The van der Waals surface area contributed by atoms with Crippen LogP contribution in [0.2, 0.25) is 0 Å². The number of aryl methyl sites for hydroxylation is 2. The average molecular weight is 377 g/mol. The molecule has 3 aromatic rings. The minimum atomic E-state index is -0.104. The summed E-state index contributed by atoms with van der Waals surface area (Å²) in [6, 6.07) is 7.68. The van der Waals surface area contributed by atoms with E-state index in [-0.39, 0.29) is 11.8 Å². The number of rotatable bonds is 4. The molecule has 3 aromatic heterocycles. The molecule has 1 N–H and O–H groups in total. The van der Waals surface area contributed by atoms with E-state index >= 15 is 0 Å². The van der Waals surface area contributed by atoms with Crippen LogP contribution in [0.1, 0.15) is 24.2 Å². The highest BCUT2D eigenvalue weighted by Gasteiger charge is 2.27. The van der Waals surface area contributed by atoms with Gasteiger partial charge in [0, 0.05) is 31.7 Å². The van der Waals surface area contributed by atoms with E-state index in [0.29, 0.717) is 12.4 Å². The molecule has 1 aliphatic heterocycles. The van der Waals surface area contributed by atoms with Crippen LogP contribution in [0.25, 0.3) is 5.82 Å². The molecule has 1 saturated heterocycles. The molecule has 0 radical (unpaired) electrons. The molecule has 0 bridgehead atoms. The lowest BCUT2D eigenvalue weighted by atomic mass is 9.97. The maximum atomic E-state index is 12.7. The van der Waals surface area contributed by atoms with Crippen molar-refractivity contribution in [2.45, 2.75) is 26.7 Å². The monoisotopic (exact) mass is 377 g/mol. The molecule has 0 aliphatic carbocycles. The van der Waals surface area contributed by atoms with Gasteiger partial charge in [-0.05, 0) is 50.5 Å². The number of pyridine rings is 1. The van der Waals surface area contributed by atoms with Gasteiger partial charge < -0.3 is 10.2 Å². The number of piperidine rings is 1. The van der Waals surface area contributed by atoms with Crippen molar-refractivity contribution >= 4 is 17.5 Å². The summed E-state index contributed by atoms with van der Waals surface area (Å²) in [4.78, 5) is 23.3. The van der Waals surface area contributed by atoms with Crippen molar-refractivity contribution in [1.82, 2.24) is 24.7 Å². The second-order valence-corrected chi connectivity index (χ2v) is 7.04. The van der Waals surface area contributed by atoms with Crippen molar-refractivity contribution in [3.63, 3.8) is 0 Å². The highest BCUT2D eigenvalue weighted by atomic mass is 16.2. The quantitative estimate of drug-likeness (QED) is 0.752. The summed E-state index contributed by atoms with van der Waals surface area (Å²) in [5, 5.41) is 11.7. The Kier molecular flexibility index (Phi) is 5.01. The third-order valence-corrected chi connectivity index (χ3v) is 5.08. The molecule has 0 spiro atoms. The van der Waals surface area contributed by atoms with E-state index in [2.05, 4.69) is 30.4 Å². The van der Waals surface area contributed by atoms with Crippen LogP contribution in [0, 0.1) is 19.8 Å². The molecule has 0 saturated carbocycles. The predicted octanol–water partition coefficient (Wildman–Crippen LogP) is 2.53. The Morgan fingerprint density at radius 2 is 1.93 bits per heavy atom. The van der Waals surface area contributed by atoms with Crippen LogP contribution < -0.4 is 10.2 Å². The van der Waals surface area contributed by atoms with E-state index in [9.17, 15) is 4.79 Å². The molecule has 1 atom stereocenters. The molecular formula is C20H23N7O. The van der Waals surface area contributed by atoms with Crippen molar-refractivity contribution in [2.75, 3.05) is 23.3 Å². The first-order valence-electron chi connectivity index (χ1n) is 9.43. The zero-order chi connectivity index (χ0) is 19.5. The maximum Gasteiger partial charge on any atom is 0.230 e. The predicted molar refractivity (Wildman–Crippen MR) is 106 cm³/mol. The van der Waals surface area contributed by atoms with Crippen LogP contribution in [0.4, 0.5) is 11.6 Å². The van der Waals surface area contributed by atoms with Crippen molar-refractivity contribution < 1.29 is 4.79 Å². The molecule has 1 aliphatic rings. The summed E-state index contributed by atoms with van der Waals surface area (Å²) >= 11 is 0. The number of amides is 1. The molecule has 1 fully saturated rings. The minimum absolute atomic E-state index is 0.00474. The second kappa shape index (κ2) is 7.75. The van der Waals surface area contributed by atoms with Crippen LogP contribution in [-0.2, 0) is 4.79 Å². The smallest absolute Gasteiger partial charge is 0.230 e. The lowest BCUT2D eigenvalue weighted by Crippen LogP contribution is -2.41.